The van der Waals surface area contributed by atoms with Crippen LogP contribution < -0.4 is 9.62 Å². The van der Waals surface area contributed by atoms with Crippen LogP contribution in [0.3, 0.4) is 0 Å². The van der Waals surface area contributed by atoms with E-state index in [0.717, 1.165) is 9.87 Å². The van der Waals surface area contributed by atoms with Crippen LogP contribution in [0.5, 0.6) is 0 Å². The third kappa shape index (κ3) is 8.54. The summed E-state index contributed by atoms with van der Waals surface area (Å²) in [7, 11) is -4.28. The molecule has 11 heteroatoms. The lowest BCUT2D eigenvalue weighted by Crippen LogP contribution is -2.53. The van der Waals surface area contributed by atoms with Gasteiger partial charge in [-0.15, -0.1) is 0 Å². The molecular formula is C33H32Cl3N3O4S. The van der Waals surface area contributed by atoms with Crippen molar-refractivity contribution < 1.29 is 18.0 Å². The third-order valence-corrected chi connectivity index (χ3v) is 9.44. The van der Waals surface area contributed by atoms with Crippen molar-refractivity contribution in [1.29, 1.82) is 0 Å². The van der Waals surface area contributed by atoms with E-state index >= 15 is 0 Å². The van der Waals surface area contributed by atoms with Crippen LogP contribution in [0.25, 0.3) is 0 Å². The van der Waals surface area contributed by atoms with Crippen LogP contribution >= 0.6 is 34.8 Å². The third-order valence-electron chi connectivity index (χ3n) is 6.87. The van der Waals surface area contributed by atoms with Crippen molar-refractivity contribution in [3.8, 4) is 0 Å². The van der Waals surface area contributed by atoms with Crippen LogP contribution in [0.4, 0.5) is 5.69 Å². The molecule has 0 fully saturated rings. The van der Waals surface area contributed by atoms with Crippen LogP contribution in [-0.4, -0.2) is 44.3 Å². The number of halogens is 3. The van der Waals surface area contributed by atoms with Gasteiger partial charge in [-0.05, 0) is 60.0 Å². The summed E-state index contributed by atoms with van der Waals surface area (Å²) < 4.78 is 29.0. The Morgan fingerprint density at radius 2 is 1.41 bits per heavy atom. The fourth-order valence-corrected chi connectivity index (χ4v) is 6.76. The summed E-state index contributed by atoms with van der Waals surface area (Å²) in [5.41, 5.74) is 1.63. The van der Waals surface area contributed by atoms with E-state index in [0.29, 0.717) is 28.6 Å². The zero-order valence-corrected chi connectivity index (χ0v) is 27.1. The molecule has 0 saturated heterocycles. The first-order valence-corrected chi connectivity index (χ1v) is 16.6. The second kappa shape index (κ2) is 15.4. The largest absolute Gasteiger partial charge is 0.354 e. The molecule has 0 aromatic heterocycles. The van der Waals surface area contributed by atoms with E-state index in [1.54, 1.807) is 42.5 Å². The maximum Gasteiger partial charge on any atom is 0.264 e. The number of nitrogens with one attached hydrogen (secondary N) is 1. The zero-order chi connectivity index (χ0) is 31.7. The summed E-state index contributed by atoms with van der Waals surface area (Å²) in [5, 5.41) is 3.80. The minimum atomic E-state index is -4.28. The van der Waals surface area contributed by atoms with Crippen LogP contribution in [0, 0.1) is 0 Å². The number of hydrogen-bond donors (Lipinski definition) is 1. The molecule has 0 aliphatic heterocycles. The molecule has 4 aromatic rings. The summed E-state index contributed by atoms with van der Waals surface area (Å²) in [4.78, 5) is 29.5. The minimum absolute atomic E-state index is 0.0235. The van der Waals surface area contributed by atoms with Gasteiger partial charge in [0, 0.05) is 29.6 Å². The van der Waals surface area contributed by atoms with Gasteiger partial charge in [-0.25, -0.2) is 8.42 Å². The molecule has 7 nitrogen and oxygen atoms in total. The molecule has 0 heterocycles. The van der Waals surface area contributed by atoms with Gasteiger partial charge in [0.25, 0.3) is 10.0 Å². The number of amides is 2. The van der Waals surface area contributed by atoms with Gasteiger partial charge in [0.05, 0.1) is 15.6 Å². The fourth-order valence-electron chi connectivity index (χ4n) is 4.62. The van der Waals surface area contributed by atoms with Crippen LogP contribution in [0.2, 0.25) is 15.1 Å². The lowest BCUT2D eigenvalue weighted by molar-refractivity contribution is -0.140. The highest BCUT2D eigenvalue weighted by Gasteiger charge is 2.35. The average Bonchev–Trinajstić information content (AvgIpc) is 3.02. The molecule has 0 aliphatic rings. The Kier molecular flexibility index (Phi) is 11.7. The molecule has 4 rings (SSSR count). The van der Waals surface area contributed by atoms with Gasteiger partial charge in [0.2, 0.25) is 11.8 Å². The Labute approximate surface area is 273 Å². The highest BCUT2D eigenvalue weighted by atomic mass is 35.5. The van der Waals surface area contributed by atoms with E-state index in [2.05, 4.69) is 5.32 Å². The van der Waals surface area contributed by atoms with E-state index in [1.165, 1.54) is 35.2 Å². The van der Waals surface area contributed by atoms with Crippen molar-refractivity contribution in [3.05, 3.63) is 129 Å². The second-order valence-electron chi connectivity index (χ2n) is 10.1. The van der Waals surface area contributed by atoms with Crippen LogP contribution in [0.1, 0.15) is 24.5 Å². The lowest BCUT2D eigenvalue weighted by atomic mass is 10.0. The van der Waals surface area contributed by atoms with Crippen molar-refractivity contribution in [2.45, 2.75) is 37.2 Å². The molecule has 0 aliphatic carbocycles. The van der Waals surface area contributed by atoms with E-state index in [9.17, 15) is 18.0 Å². The topological polar surface area (TPSA) is 86.8 Å². The molecule has 4 aromatic carbocycles. The van der Waals surface area contributed by atoms with Crippen LogP contribution in [0.15, 0.2) is 108 Å². The van der Waals surface area contributed by atoms with Crippen molar-refractivity contribution in [2.24, 2.45) is 0 Å². The molecule has 230 valence electrons. The Morgan fingerprint density at radius 3 is 2.02 bits per heavy atom. The molecule has 44 heavy (non-hydrogen) atoms. The highest BCUT2D eigenvalue weighted by Crippen LogP contribution is 2.33. The van der Waals surface area contributed by atoms with Crippen molar-refractivity contribution >= 4 is 62.3 Å². The van der Waals surface area contributed by atoms with E-state index in [4.69, 9.17) is 34.8 Å². The van der Waals surface area contributed by atoms with Crippen LogP contribution in [-0.2, 0) is 32.6 Å². The average molecular weight is 673 g/mol. The number of carbonyl (C=O) groups is 2. The number of nitrogens with zero attached hydrogens (tertiary/aromatic N) is 2. The summed E-state index contributed by atoms with van der Waals surface area (Å²) in [6.45, 7) is 1.76. The van der Waals surface area contributed by atoms with Crippen molar-refractivity contribution in [2.75, 3.05) is 17.4 Å². The standard InChI is InChI=1S/C33H32Cl3N3O4S/c1-2-19-37-33(41)31(20-24-9-5-3-6-10-24)38(22-25-13-15-26(34)16-14-25)32(40)23-39(30-18-17-27(35)21-29(30)36)44(42,43)28-11-7-4-8-12-28/h3-18,21,31H,2,19-20,22-23H2,1H3,(H,37,41)/t31-/m1/s1. The molecule has 1 N–H and O–H groups in total. The molecular weight excluding hydrogens is 641 g/mol. The summed E-state index contributed by atoms with van der Waals surface area (Å²) in [6, 6.07) is 27.5. The predicted octanol–water partition coefficient (Wildman–Crippen LogP) is 7.01. The van der Waals surface area contributed by atoms with Gasteiger partial charge in [-0.1, -0.05) is 102 Å². The molecule has 0 spiro atoms. The first-order valence-electron chi connectivity index (χ1n) is 14.0. The first-order chi connectivity index (χ1) is 21.1. The monoisotopic (exact) mass is 671 g/mol. The highest BCUT2D eigenvalue weighted by molar-refractivity contribution is 7.92. The molecule has 0 radical (unpaired) electrons. The van der Waals surface area contributed by atoms with Crippen molar-refractivity contribution in [1.82, 2.24) is 10.2 Å². The molecule has 0 bridgehead atoms. The smallest absolute Gasteiger partial charge is 0.264 e. The van der Waals surface area contributed by atoms with E-state index < -0.39 is 28.5 Å². The summed E-state index contributed by atoms with van der Waals surface area (Å²) in [5.74, 6) is -0.946. The Balaban J connectivity index is 1.81. The molecule has 1 atom stereocenters. The Bertz CT molecular complexity index is 1670. The number of anilines is 1. The fraction of sp³-hybridized carbons (Fsp3) is 0.212. The molecule has 0 saturated carbocycles. The van der Waals surface area contributed by atoms with E-state index in [-0.39, 0.29) is 34.5 Å². The number of hydrogen-bond acceptors (Lipinski definition) is 4. The maximum atomic E-state index is 14.4. The van der Waals surface area contributed by atoms with Gasteiger partial charge in [-0.3, -0.25) is 13.9 Å². The summed E-state index contributed by atoms with van der Waals surface area (Å²) >= 11 is 18.8. The Morgan fingerprint density at radius 1 is 0.795 bits per heavy atom. The molecule has 0 unspecified atom stereocenters. The Hall–Kier alpha value is -3.56. The van der Waals surface area contributed by atoms with Crippen molar-refractivity contribution in [3.63, 3.8) is 0 Å². The molecule has 2 amide bonds. The summed E-state index contributed by atoms with van der Waals surface area (Å²) in [6.07, 6.45) is 0.913. The quantitative estimate of drug-likeness (QED) is 0.166. The number of benzene rings is 4. The SMILES string of the molecule is CCCNC(=O)[C@@H](Cc1ccccc1)N(Cc1ccc(Cl)cc1)C(=O)CN(c1ccc(Cl)cc1Cl)S(=O)(=O)c1ccccc1. The van der Waals surface area contributed by atoms with Gasteiger partial charge >= 0.3 is 0 Å². The van der Waals surface area contributed by atoms with E-state index in [1.807, 2.05) is 37.3 Å². The van der Waals surface area contributed by atoms with Gasteiger partial charge in [0.15, 0.2) is 0 Å². The van der Waals surface area contributed by atoms with Gasteiger partial charge in [0.1, 0.15) is 12.6 Å². The van der Waals surface area contributed by atoms with Gasteiger partial charge < -0.3 is 10.2 Å². The number of carbonyl (C=O) groups excluding carboxylic acids is 2. The first kappa shape index (κ1) is 33.3. The predicted molar refractivity (Wildman–Crippen MR) is 177 cm³/mol. The van der Waals surface area contributed by atoms with Gasteiger partial charge in [-0.2, -0.15) is 0 Å². The normalized spacial score (nSPS) is 11.9. The zero-order valence-electron chi connectivity index (χ0n) is 24.0. The lowest BCUT2D eigenvalue weighted by Gasteiger charge is -2.34. The second-order valence-corrected chi connectivity index (χ2v) is 13.2. The maximum absolute atomic E-state index is 14.4. The number of rotatable bonds is 13. The number of sulfonamides is 1. The minimum Gasteiger partial charge on any atom is -0.354 e.